The molecule has 0 amide bonds. The number of hydroxylamine groups is 2. The molecule has 0 spiro atoms. The van der Waals surface area contributed by atoms with Crippen LogP contribution in [-0.4, -0.2) is 23.3 Å². The Labute approximate surface area is 154 Å². The molecule has 0 N–H and O–H groups in total. The number of nitrogens with zero attached hydrogens (tertiary/aromatic N) is 1. The lowest BCUT2D eigenvalue weighted by molar-refractivity contribution is -0.210. The second kappa shape index (κ2) is 7.80. The van der Waals surface area contributed by atoms with Gasteiger partial charge >= 0.3 is 0 Å². The highest BCUT2D eigenvalue weighted by molar-refractivity contribution is 5.31. The predicted octanol–water partition coefficient (Wildman–Crippen LogP) is 5.96. The maximum Gasteiger partial charge on any atom is 0.0938 e. The standard InChI is InChI=1S/C23H37NO/c1-6-17-13-11-12-14-20(17)19-15-18(7-2)22-21(16-19)23(8-3,9-4)25-24(22)10-5/h11-14,18-19,21-22H,6-10,15-16H2,1-5H3/t18-,19+,21+,22+/m0/s1. The van der Waals surface area contributed by atoms with Crippen LogP contribution in [0.15, 0.2) is 24.3 Å². The number of benzene rings is 1. The van der Waals surface area contributed by atoms with E-state index >= 15 is 0 Å². The molecule has 0 unspecified atom stereocenters. The molecule has 0 bridgehead atoms. The molecule has 1 heterocycles. The Hall–Kier alpha value is -0.860. The van der Waals surface area contributed by atoms with Crippen LogP contribution in [0.3, 0.4) is 0 Å². The maximum atomic E-state index is 6.65. The Balaban J connectivity index is 1.97. The summed E-state index contributed by atoms with van der Waals surface area (Å²) in [6, 6.07) is 9.77. The van der Waals surface area contributed by atoms with Crippen LogP contribution in [0.25, 0.3) is 0 Å². The molecule has 2 heteroatoms. The lowest BCUT2D eigenvalue weighted by Gasteiger charge is -2.43. The van der Waals surface area contributed by atoms with E-state index in [9.17, 15) is 0 Å². The number of hydrogen-bond acceptors (Lipinski definition) is 2. The van der Waals surface area contributed by atoms with Gasteiger partial charge in [-0.15, -0.1) is 0 Å². The number of aryl methyl sites for hydroxylation is 1. The van der Waals surface area contributed by atoms with Crippen molar-refractivity contribution >= 4 is 0 Å². The van der Waals surface area contributed by atoms with Crippen LogP contribution in [0.4, 0.5) is 0 Å². The van der Waals surface area contributed by atoms with Gasteiger partial charge in [-0.2, -0.15) is 5.06 Å². The Morgan fingerprint density at radius 2 is 1.76 bits per heavy atom. The average molecular weight is 344 g/mol. The van der Waals surface area contributed by atoms with Crippen LogP contribution in [0.2, 0.25) is 0 Å². The number of hydrogen-bond donors (Lipinski definition) is 0. The van der Waals surface area contributed by atoms with Gasteiger partial charge in [-0.25, -0.2) is 0 Å². The fourth-order valence-electron chi connectivity index (χ4n) is 5.79. The lowest BCUT2D eigenvalue weighted by Crippen LogP contribution is -2.45. The van der Waals surface area contributed by atoms with Crippen molar-refractivity contribution < 1.29 is 4.84 Å². The van der Waals surface area contributed by atoms with Crippen molar-refractivity contribution in [2.75, 3.05) is 6.54 Å². The molecule has 25 heavy (non-hydrogen) atoms. The van der Waals surface area contributed by atoms with Crippen molar-refractivity contribution in [3.63, 3.8) is 0 Å². The van der Waals surface area contributed by atoms with Gasteiger partial charge in [0.2, 0.25) is 0 Å². The van der Waals surface area contributed by atoms with Crippen LogP contribution < -0.4 is 0 Å². The SMILES string of the molecule is CCc1ccccc1[C@@H]1C[C@H](CC)[C@@H]2[C@@H](C1)C(CC)(CC)ON2CC. The monoisotopic (exact) mass is 343 g/mol. The Bertz CT molecular complexity index is 565. The molecule has 1 aliphatic heterocycles. The summed E-state index contributed by atoms with van der Waals surface area (Å²) in [7, 11) is 0. The second-order valence-corrected chi connectivity index (χ2v) is 8.08. The first-order valence-corrected chi connectivity index (χ1v) is 10.7. The number of rotatable bonds is 6. The van der Waals surface area contributed by atoms with Crippen molar-refractivity contribution in [1.29, 1.82) is 0 Å². The van der Waals surface area contributed by atoms with Crippen molar-refractivity contribution in [3.8, 4) is 0 Å². The summed E-state index contributed by atoms with van der Waals surface area (Å²) in [6.45, 7) is 12.6. The van der Waals surface area contributed by atoms with Gasteiger partial charge < -0.3 is 0 Å². The fraction of sp³-hybridized carbons (Fsp3) is 0.739. The van der Waals surface area contributed by atoms with Crippen LogP contribution >= 0.6 is 0 Å². The van der Waals surface area contributed by atoms with Crippen molar-refractivity contribution in [1.82, 2.24) is 5.06 Å². The van der Waals surface area contributed by atoms with Crippen LogP contribution in [-0.2, 0) is 11.3 Å². The quantitative estimate of drug-likeness (QED) is 0.631. The molecule has 140 valence electrons. The zero-order chi connectivity index (χ0) is 18.0. The highest BCUT2D eigenvalue weighted by Crippen LogP contribution is 2.54. The normalized spacial score (nSPS) is 31.9. The summed E-state index contributed by atoms with van der Waals surface area (Å²) >= 11 is 0. The van der Waals surface area contributed by atoms with Gasteiger partial charge in [-0.3, -0.25) is 4.84 Å². The first kappa shape index (κ1) is 18.9. The van der Waals surface area contributed by atoms with Crippen LogP contribution in [0.1, 0.15) is 83.8 Å². The topological polar surface area (TPSA) is 12.5 Å². The van der Waals surface area contributed by atoms with Crippen molar-refractivity contribution in [2.24, 2.45) is 11.8 Å². The first-order chi connectivity index (χ1) is 12.1. The van der Waals surface area contributed by atoms with Crippen LogP contribution in [0, 0.1) is 11.8 Å². The molecule has 1 aliphatic carbocycles. The van der Waals surface area contributed by atoms with E-state index in [1.54, 1.807) is 11.1 Å². The average Bonchev–Trinajstić information content (AvgIpc) is 3.01. The molecule has 3 rings (SSSR count). The smallest absolute Gasteiger partial charge is 0.0938 e. The summed E-state index contributed by atoms with van der Waals surface area (Å²) in [5.74, 6) is 2.10. The third kappa shape index (κ3) is 3.17. The molecular weight excluding hydrogens is 306 g/mol. The second-order valence-electron chi connectivity index (χ2n) is 8.08. The third-order valence-electron chi connectivity index (χ3n) is 7.24. The Morgan fingerprint density at radius 3 is 2.36 bits per heavy atom. The minimum absolute atomic E-state index is 0.0495. The fourth-order valence-corrected chi connectivity index (χ4v) is 5.79. The van der Waals surface area contributed by atoms with Gasteiger partial charge in [0.1, 0.15) is 0 Å². The summed E-state index contributed by atoms with van der Waals surface area (Å²) in [4.78, 5) is 6.65. The van der Waals surface area contributed by atoms with Crippen molar-refractivity contribution in [2.45, 2.75) is 90.7 Å². The molecule has 0 radical (unpaired) electrons. The molecule has 2 fully saturated rings. The maximum absolute atomic E-state index is 6.65. The highest BCUT2D eigenvalue weighted by atomic mass is 16.7. The van der Waals surface area contributed by atoms with Gasteiger partial charge in [-0.1, -0.05) is 65.3 Å². The molecule has 1 aromatic carbocycles. The van der Waals surface area contributed by atoms with E-state index in [-0.39, 0.29) is 5.60 Å². The molecule has 2 aliphatic rings. The van der Waals surface area contributed by atoms with Gasteiger partial charge in [0.15, 0.2) is 0 Å². The van der Waals surface area contributed by atoms with Gasteiger partial charge in [0.25, 0.3) is 0 Å². The molecule has 1 saturated heterocycles. The van der Waals surface area contributed by atoms with Crippen molar-refractivity contribution in [3.05, 3.63) is 35.4 Å². The van der Waals surface area contributed by atoms with Gasteiger partial charge in [-0.05, 0) is 55.1 Å². The minimum atomic E-state index is 0.0495. The van der Waals surface area contributed by atoms with E-state index < -0.39 is 0 Å². The van der Waals surface area contributed by atoms with Gasteiger partial charge in [0.05, 0.1) is 5.60 Å². The van der Waals surface area contributed by atoms with E-state index in [1.165, 1.54) is 19.3 Å². The Kier molecular flexibility index (Phi) is 5.90. The van der Waals surface area contributed by atoms with E-state index in [0.717, 1.165) is 31.7 Å². The predicted molar refractivity (Wildman–Crippen MR) is 106 cm³/mol. The van der Waals surface area contributed by atoms with E-state index in [4.69, 9.17) is 4.84 Å². The van der Waals surface area contributed by atoms with Gasteiger partial charge in [0, 0.05) is 18.5 Å². The van der Waals surface area contributed by atoms with E-state index in [2.05, 4.69) is 63.9 Å². The summed E-state index contributed by atoms with van der Waals surface area (Å²) in [5, 5.41) is 2.35. The Morgan fingerprint density at radius 1 is 1.04 bits per heavy atom. The summed E-state index contributed by atoms with van der Waals surface area (Å²) in [5.41, 5.74) is 3.21. The lowest BCUT2D eigenvalue weighted by atomic mass is 9.62. The largest absolute Gasteiger partial charge is 0.292 e. The highest BCUT2D eigenvalue weighted by Gasteiger charge is 2.56. The first-order valence-electron chi connectivity index (χ1n) is 10.7. The van der Waals surface area contributed by atoms with E-state index in [1.807, 2.05) is 0 Å². The summed E-state index contributed by atoms with van der Waals surface area (Å²) < 4.78 is 0. The third-order valence-corrected chi connectivity index (χ3v) is 7.24. The minimum Gasteiger partial charge on any atom is -0.292 e. The molecular formula is C23H37NO. The molecule has 0 aromatic heterocycles. The van der Waals surface area contributed by atoms with Crippen LogP contribution in [0.5, 0.6) is 0 Å². The number of fused-ring (bicyclic) bond motifs is 1. The molecule has 4 atom stereocenters. The summed E-state index contributed by atoms with van der Waals surface area (Å²) in [6.07, 6.45) is 7.26. The van der Waals surface area contributed by atoms with E-state index in [0.29, 0.717) is 17.9 Å². The zero-order valence-corrected chi connectivity index (χ0v) is 16.9. The zero-order valence-electron chi connectivity index (χ0n) is 16.9. The molecule has 1 saturated carbocycles. The molecule has 2 nitrogen and oxygen atoms in total. The molecule has 1 aromatic rings.